The van der Waals surface area contributed by atoms with Crippen molar-refractivity contribution in [2.24, 2.45) is 10.2 Å². The number of nitrogens with zero attached hydrogens (tertiary/aromatic N) is 3. The SMILES string of the molecule is Ic1ccc(N=Nc2ccn[nH]2)cc1. The van der Waals surface area contributed by atoms with Gasteiger partial charge in [0.1, 0.15) is 0 Å². The molecule has 0 fully saturated rings. The Morgan fingerprint density at radius 2 is 1.86 bits per heavy atom. The van der Waals surface area contributed by atoms with Crippen LogP contribution in [0, 0.1) is 3.57 Å². The summed E-state index contributed by atoms with van der Waals surface area (Å²) in [7, 11) is 0. The van der Waals surface area contributed by atoms with Crippen LogP contribution in [0.2, 0.25) is 0 Å². The molecule has 0 radical (unpaired) electrons. The van der Waals surface area contributed by atoms with Crippen molar-refractivity contribution in [3.8, 4) is 0 Å². The average Bonchev–Trinajstić information content (AvgIpc) is 2.70. The minimum atomic E-state index is 0.656. The molecule has 2 aromatic rings. The lowest BCUT2D eigenvalue weighted by atomic mass is 10.3. The van der Waals surface area contributed by atoms with E-state index in [0.29, 0.717) is 5.82 Å². The fourth-order valence-corrected chi connectivity index (χ4v) is 1.28. The van der Waals surface area contributed by atoms with E-state index in [9.17, 15) is 0 Å². The van der Waals surface area contributed by atoms with Crippen molar-refractivity contribution in [1.29, 1.82) is 0 Å². The first kappa shape index (κ1) is 9.32. The highest BCUT2D eigenvalue weighted by Gasteiger charge is 1.90. The number of aromatic amines is 1. The number of aromatic nitrogens is 2. The van der Waals surface area contributed by atoms with Gasteiger partial charge in [-0.1, -0.05) is 0 Å². The molecule has 5 heteroatoms. The van der Waals surface area contributed by atoms with Crippen LogP contribution in [0.1, 0.15) is 0 Å². The van der Waals surface area contributed by atoms with Crippen LogP contribution in [-0.2, 0) is 0 Å². The predicted octanol–water partition coefficient (Wildman–Crippen LogP) is 3.43. The summed E-state index contributed by atoms with van der Waals surface area (Å²) in [5.41, 5.74) is 0.833. The molecule has 1 heterocycles. The van der Waals surface area contributed by atoms with Gasteiger partial charge in [0.05, 0.1) is 11.9 Å². The molecular weight excluding hydrogens is 291 g/mol. The second-order valence-electron chi connectivity index (χ2n) is 2.62. The van der Waals surface area contributed by atoms with Gasteiger partial charge in [-0.15, -0.1) is 10.2 Å². The highest BCUT2D eigenvalue weighted by atomic mass is 127. The highest BCUT2D eigenvalue weighted by Crippen LogP contribution is 2.17. The first-order valence-corrected chi connectivity index (χ1v) is 5.09. The van der Waals surface area contributed by atoms with Crippen molar-refractivity contribution in [2.75, 3.05) is 0 Å². The quantitative estimate of drug-likeness (QED) is 0.670. The summed E-state index contributed by atoms with van der Waals surface area (Å²) in [6, 6.07) is 9.57. The molecule has 70 valence electrons. The molecule has 1 aromatic carbocycles. The molecule has 0 amide bonds. The van der Waals surface area contributed by atoms with Crippen LogP contribution in [0.3, 0.4) is 0 Å². The number of azo groups is 1. The van der Waals surface area contributed by atoms with E-state index < -0.39 is 0 Å². The van der Waals surface area contributed by atoms with E-state index in [-0.39, 0.29) is 0 Å². The van der Waals surface area contributed by atoms with E-state index in [1.807, 2.05) is 24.3 Å². The zero-order valence-corrected chi connectivity index (χ0v) is 9.34. The van der Waals surface area contributed by atoms with Gasteiger partial charge in [0.25, 0.3) is 0 Å². The van der Waals surface area contributed by atoms with Crippen LogP contribution in [0.25, 0.3) is 0 Å². The van der Waals surface area contributed by atoms with E-state index in [2.05, 4.69) is 43.0 Å². The lowest BCUT2D eigenvalue weighted by Crippen LogP contribution is -1.67. The molecule has 0 atom stereocenters. The maximum absolute atomic E-state index is 4.04. The Morgan fingerprint density at radius 3 is 2.50 bits per heavy atom. The molecule has 4 nitrogen and oxygen atoms in total. The molecule has 0 saturated heterocycles. The zero-order chi connectivity index (χ0) is 9.80. The second-order valence-corrected chi connectivity index (χ2v) is 3.86. The summed E-state index contributed by atoms with van der Waals surface area (Å²) in [5, 5.41) is 14.5. The first-order chi connectivity index (χ1) is 6.84. The second kappa shape index (κ2) is 4.32. The van der Waals surface area contributed by atoms with Gasteiger partial charge in [0.2, 0.25) is 0 Å². The average molecular weight is 298 g/mol. The molecular formula is C9H7IN4. The Labute approximate surface area is 94.6 Å². The maximum Gasteiger partial charge on any atom is 0.170 e. The predicted molar refractivity (Wildman–Crippen MR) is 61.9 cm³/mol. The smallest absolute Gasteiger partial charge is 0.170 e. The minimum Gasteiger partial charge on any atom is -0.260 e. The lowest BCUT2D eigenvalue weighted by Gasteiger charge is -1.91. The van der Waals surface area contributed by atoms with Crippen LogP contribution in [0.15, 0.2) is 46.8 Å². The number of benzene rings is 1. The van der Waals surface area contributed by atoms with Gasteiger partial charge in [-0.05, 0) is 46.9 Å². The van der Waals surface area contributed by atoms with Crippen molar-refractivity contribution >= 4 is 34.1 Å². The Bertz CT molecular complexity index is 419. The molecule has 1 N–H and O–H groups in total. The van der Waals surface area contributed by atoms with Crippen LogP contribution >= 0.6 is 22.6 Å². The third kappa shape index (κ3) is 2.38. The summed E-state index contributed by atoms with van der Waals surface area (Å²) >= 11 is 2.25. The van der Waals surface area contributed by atoms with E-state index in [1.54, 1.807) is 12.3 Å². The molecule has 0 bridgehead atoms. The van der Waals surface area contributed by atoms with E-state index >= 15 is 0 Å². The van der Waals surface area contributed by atoms with Crippen molar-refractivity contribution in [2.45, 2.75) is 0 Å². The molecule has 0 aliphatic rings. The molecule has 2 rings (SSSR count). The Kier molecular flexibility index (Phi) is 2.87. The lowest BCUT2D eigenvalue weighted by molar-refractivity contribution is 1.05. The molecule has 0 unspecified atom stereocenters. The largest absolute Gasteiger partial charge is 0.260 e. The third-order valence-electron chi connectivity index (χ3n) is 1.59. The van der Waals surface area contributed by atoms with Gasteiger partial charge in [-0.25, -0.2) is 0 Å². The number of hydrogen-bond donors (Lipinski definition) is 1. The van der Waals surface area contributed by atoms with Gasteiger partial charge in [-0.2, -0.15) is 5.10 Å². The van der Waals surface area contributed by atoms with Crippen molar-refractivity contribution < 1.29 is 0 Å². The number of nitrogens with one attached hydrogen (secondary N) is 1. The standard InChI is InChI=1S/C9H7IN4/c10-7-1-3-8(4-2-7)12-14-9-5-6-11-13-9/h1-6H,(H,11,13). The zero-order valence-electron chi connectivity index (χ0n) is 7.18. The summed E-state index contributed by atoms with van der Waals surface area (Å²) in [6.45, 7) is 0. The van der Waals surface area contributed by atoms with Crippen molar-refractivity contribution in [3.05, 3.63) is 40.1 Å². The fourth-order valence-electron chi connectivity index (χ4n) is 0.924. The minimum absolute atomic E-state index is 0.656. The number of H-pyrrole nitrogens is 1. The molecule has 1 aromatic heterocycles. The van der Waals surface area contributed by atoms with Gasteiger partial charge in [-0.3, -0.25) is 5.10 Å². The summed E-state index contributed by atoms with van der Waals surface area (Å²) in [6.07, 6.45) is 1.64. The number of halogens is 1. The molecule has 0 aliphatic heterocycles. The monoisotopic (exact) mass is 298 g/mol. The van der Waals surface area contributed by atoms with Crippen molar-refractivity contribution in [1.82, 2.24) is 10.2 Å². The van der Waals surface area contributed by atoms with Crippen LogP contribution in [-0.4, -0.2) is 10.2 Å². The summed E-state index contributed by atoms with van der Waals surface area (Å²) < 4.78 is 1.18. The normalized spacial score (nSPS) is 10.9. The van der Waals surface area contributed by atoms with E-state index in [4.69, 9.17) is 0 Å². The van der Waals surface area contributed by atoms with E-state index in [1.165, 1.54) is 3.57 Å². The topological polar surface area (TPSA) is 53.4 Å². The summed E-state index contributed by atoms with van der Waals surface area (Å²) in [5.74, 6) is 0.656. The van der Waals surface area contributed by atoms with Crippen LogP contribution in [0.4, 0.5) is 11.5 Å². The van der Waals surface area contributed by atoms with Gasteiger partial charge < -0.3 is 0 Å². The Hall–Kier alpha value is -1.24. The fraction of sp³-hybridized carbons (Fsp3) is 0. The molecule has 0 spiro atoms. The highest BCUT2D eigenvalue weighted by molar-refractivity contribution is 14.1. The Morgan fingerprint density at radius 1 is 1.07 bits per heavy atom. The van der Waals surface area contributed by atoms with Gasteiger partial charge >= 0.3 is 0 Å². The molecule has 0 saturated carbocycles. The summed E-state index contributed by atoms with van der Waals surface area (Å²) in [4.78, 5) is 0. The molecule has 0 aliphatic carbocycles. The maximum atomic E-state index is 4.04. The molecule has 14 heavy (non-hydrogen) atoms. The third-order valence-corrected chi connectivity index (χ3v) is 2.31. The first-order valence-electron chi connectivity index (χ1n) is 4.01. The van der Waals surface area contributed by atoms with Gasteiger partial charge in [0.15, 0.2) is 5.82 Å². The van der Waals surface area contributed by atoms with Crippen LogP contribution < -0.4 is 0 Å². The van der Waals surface area contributed by atoms with Crippen molar-refractivity contribution in [3.63, 3.8) is 0 Å². The Balaban J connectivity index is 2.15. The van der Waals surface area contributed by atoms with E-state index in [0.717, 1.165) is 5.69 Å². The number of hydrogen-bond acceptors (Lipinski definition) is 3. The number of rotatable bonds is 2. The van der Waals surface area contributed by atoms with Crippen LogP contribution in [0.5, 0.6) is 0 Å². The van der Waals surface area contributed by atoms with Gasteiger partial charge in [0, 0.05) is 9.64 Å².